The van der Waals surface area contributed by atoms with Crippen LogP contribution in [0.4, 0.5) is 0 Å². The molecule has 0 aliphatic carbocycles. The van der Waals surface area contributed by atoms with Crippen molar-refractivity contribution in [3.8, 4) is 0 Å². The van der Waals surface area contributed by atoms with E-state index in [-0.39, 0.29) is 0 Å². The third-order valence-corrected chi connectivity index (χ3v) is 1.36. The first kappa shape index (κ1) is 10.0. The maximum atomic E-state index is 5.02. The summed E-state index contributed by atoms with van der Waals surface area (Å²) in [7, 11) is 0. The van der Waals surface area contributed by atoms with E-state index in [1.165, 1.54) is 12.8 Å². The van der Waals surface area contributed by atoms with Gasteiger partial charge in [-0.1, -0.05) is 18.2 Å². The lowest BCUT2D eigenvalue weighted by Gasteiger charge is -1.90. The third-order valence-electron chi connectivity index (χ3n) is 1.36. The standard InChI is InChI=1S/C11H15/c1-3-5-7-9-11-10-8-6-4-2/h1,4-5,7,9H,2,6,8,10-11H2. The predicted molar refractivity (Wildman–Crippen MR) is 50.2 cm³/mol. The van der Waals surface area contributed by atoms with Gasteiger partial charge >= 0.3 is 0 Å². The molecular weight excluding hydrogens is 132 g/mol. The van der Waals surface area contributed by atoms with Crippen LogP contribution in [0.15, 0.2) is 36.6 Å². The van der Waals surface area contributed by atoms with Gasteiger partial charge < -0.3 is 0 Å². The molecule has 0 aliphatic heterocycles. The molecule has 11 heavy (non-hydrogen) atoms. The Morgan fingerprint density at radius 2 is 2.00 bits per heavy atom. The minimum absolute atomic E-state index is 1.12. The predicted octanol–water partition coefficient (Wildman–Crippen LogP) is 3.43. The van der Waals surface area contributed by atoms with Gasteiger partial charge in [0.1, 0.15) is 0 Å². The fourth-order valence-corrected chi connectivity index (χ4v) is 0.771. The molecule has 0 saturated heterocycles. The van der Waals surface area contributed by atoms with Gasteiger partial charge in [-0.05, 0) is 38.3 Å². The summed E-state index contributed by atoms with van der Waals surface area (Å²) < 4.78 is 0. The van der Waals surface area contributed by atoms with Crippen LogP contribution in [-0.2, 0) is 0 Å². The van der Waals surface area contributed by atoms with Crippen molar-refractivity contribution in [3.05, 3.63) is 43.2 Å². The summed E-state index contributed by atoms with van der Waals surface area (Å²) >= 11 is 0. The highest BCUT2D eigenvalue weighted by Crippen LogP contribution is 2.00. The monoisotopic (exact) mass is 147 g/mol. The SMILES string of the molecule is [CH]=C=CC=CCCCCC=C. The molecule has 0 nitrogen and oxygen atoms in total. The van der Waals surface area contributed by atoms with E-state index < -0.39 is 0 Å². The summed E-state index contributed by atoms with van der Waals surface area (Å²) in [5.74, 6) is 0. The Bertz CT molecular complexity index is 157. The Balaban J connectivity index is 3.13. The number of hydrogen-bond donors (Lipinski definition) is 0. The third kappa shape index (κ3) is 9.00. The van der Waals surface area contributed by atoms with Crippen molar-refractivity contribution >= 4 is 0 Å². The lowest BCUT2D eigenvalue weighted by atomic mass is 10.2. The summed E-state index contributed by atoms with van der Waals surface area (Å²) in [5.41, 5.74) is 2.44. The molecule has 0 aromatic heterocycles. The molecule has 0 aromatic carbocycles. The highest BCUT2D eigenvalue weighted by molar-refractivity contribution is 4.99. The molecule has 0 aromatic rings. The van der Waals surface area contributed by atoms with Crippen LogP contribution in [-0.4, -0.2) is 0 Å². The van der Waals surface area contributed by atoms with E-state index in [9.17, 15) is 0 Å². The average molecular weight is 147 g/mol. The van der Waals surface area contributed by atoms with E-state index in [0.717, 1.165) is 12.8 Å². The van der Waals surface area contributed by atoms with Crippen LogP contribution in [0.5, 0.6) is 0 Å². The van der Waals surface area contributed by atoms with Crippen molar-refractivity contribution in [3.63, 3.8) is 0 Å². The molecule has 0 heterocycles. The van der Waals surface area contributed by atoms with Gasteiger partial charge in [0.15, 0.2) is 0 Å². The van der Waals surface area contributed by atoms with E-state index in [4.69, 9.17) is 6.58 Å². The Morgan fingerprint density at radius 1 is 1.27 bits per heavy atom. The minimum Gasteiger partial charge on any atom is -0.120 e. The van der Waals surface area contributed by atoms with Gasteiger partial charge in [-0.15, -0.1) is 12.3 Å². The van der Waals surface area contributed by atoms with Gasteiger partial charge in [0, 0.05) is 0 Å². The maximum absolute atomic E-state index is 5.02. The van der Waals surface area contributed by atoms with Crippen molar-refractivity contribution in [2.75, 3.05) is 0 Å². The number of unbranched alkanes of at least 4 members (excludes halogenated alkanes) is 3. The van der Waals surface area contributed by atoms with Crippen LogP contribution in [0.1, 0.15) is 25.7 Å². The number of rotatable bonds is 6. The van der Waals surface area contributed by atoms with Crippen LogP contribution >= 0.6 is 0 Å². The molecule has 0 amide bonds. The van der Waals surface area contributed by atoms with E-state index in [1.54, 1.807) is 6.08 Å². The van der Waals surface area contributed by atoms with E-state index in [0.29, 0.717) is 0 Å². The number of hydrogen-bond acceptors (Lipinski definition) is 0. The van der Waals surface area contributed by atoms with Gasteiger partial charge in [-0.2, -0.15) is 0 Å². The van der Waals surface area contributed by atoms with Crippen LogP contribution in [0.2, 0.25) is 0 Å². The second-order valence-corrected chi connectivity index (χ2v) is 2.33. The van der Waals surface area contributed by atoms with Crippen molar-refractivity contribution in [1.29, 1.82) is 0 Å². The zero-order valence-electron chi connectivity index (χ0n) is 6.92. The zero-order chi connectivity index (χ0) is 8.36. The molecule has 0 spiro atoms. The van der Waals surface area contributed by atoms with Gasteiger partial charge in [0.25, 0.3) is 0 Å². The first-order valence-corrected chi connectivity index (χ1v) is 3.97. The van der Waals surface area contributed by atoms with Crippen molar-refractivity contribution in [2.24, 2.45) is 0 Å². The molecule has 0 bridgehead atoms. The molecule has 0 aliphatic rings. The normalized spacial score (nSPS) is 9.45. The second-order valence-electron chi connectivity index (χ2n) is 2.33. The minimum atomic E-state index is 1.12. The van der Waals surface area contributed by atoms with Gasteiger partial charge in [0.2, 0.25) is 0 Å². The fraction of sp³-hybridized carbons (Fsp3) is 0.364. The summed E-state index contributed by atoms with van der Waals surface area (Å²) in [6, 6.07) is 0. The summed E-state index contributed by atoms with van der Waals surface area (Å²) in [6.45, 7) is 8.68. The molecule has 0 heteroatoms. The molecule has 0 fully saturated rings. The highest BCUT2D eigenvalue weighted by Gasteiger charge is 1.80. The summed E-state index contributed by atoms with van der Waals surface area (Å²) in [4.78, 5) is 0. The lowest BCUT2D eigenvalue weighted by Crippen LogP contribution is -1.70. The lowest BCUT2D eigenvalue weighted by molar-refractivity contribution is 0.763. The first-order valence-electron chi connectivity index (χ1n) is 3.97. The second kappa shape index (κ2) is 9.00. The quantitative estimate of drug-likeness (QED) is 0.234. The van der Waals surface area contributed by atoms with Crippen molar-refractivity contribution < 1.29 is 0 Å². The van der Waals surface area contributed by atoms with E-state index in [1.807, 2.05) is 12.2 Å². The zero-order valence-corrected chi connectivity index (χ0v) is 6.92. The number of allylic oxidation sites excluding steroid dienone is 4. The summed E-state index contributed by atoms with van der Waals surface area (Å²) in [6.07, 6.45) is 12.4. The molecule has 0 saturated carbocycles. The van der Waals surface area contributed by atoms with E-state index in [2.05, 4.69) is 18.4 Å². The Morgan fingerprint density at radius 3 is 2.64 bits per heavy atom. The van der Waals surface area contributed by atoms with Gasteiger partial charge in [-0.25, -0.2) is 0 Å². The van der Waals surface area contributed by atoms with Crippen LogP contribution in [0, 0.1) is 6.58 Å². The highest BCUT2D eigenvalue weighted by atomic mass is 13.9. The summed E-state index contributed by atoms with van der Waals surface area (Å²) in [5, 5.41) is 0. The molecule has 0 N–H and O–H groups in total. The maximum Gasteiger partial charge on any atom is -0.0123 e. The van der Waals surface area contributed by atoms with Gasteiger partial charge in [0.05, 0.1) is 0 Å². The Labute approximate surface area is 69.6 Å². The largest absolute Gasteiger partial charge is 0.120 e. The smallest absolute Gasteiger partial charge is 0.0123 e. The van der Waals surface area contributed by atoms with Gasteiger partial charge in [-0.3, -0.25) is 0 Å². The average Bonchev–Trinajstić information content (AvgIpc) is 2.03. The molecular formula is C11H15. The molecule has 0 atom stereocenters. The van der Waals surface area contributed by atoms with Crippen LogP contribution in [0.3, 0.4) is 0 Å². The Kier molecular flexibility index (Phi) is 8.18. The molecule has 0 unspecified atom stereocenters. The first-order chi connectivity index (χ1) is 5.41. The molecule has 0 rings (SSSR count). The van der Waals surface area contributed by atoms with Crippen molar-refractivity contribution in [2.45, 2.75) is 25.7 Å². The van der Waals surface area contributed by atoms with Crippen LogP contribution < -0.4 is 0 Å². The Hall–Kier alpha value is -1.00. The van der Waals surface area contributed by atoms with Crippen LogP contribution in [0.25, 0.3) is 0 Å². The van der Waals surface area contributed by atoms with Crippen molar-refractivity contribution in [1.82, 2.24) is 0 Å². The fourth-order valence-electron chi connectivity index (χ4n) is 0.771. The molecule has 59 valence electrons. The van der Waals surface area contributed by atoms with E-state index >= 15 is 0 Å². The molecule has 1 radical (unpaired) electrons. The topological polar surface area (TPSA) is 0 Å².